The number of carbonyl (C=O) groups is 1. The van der Waals surface area contributed by atoms with E-state index in [-0.39, 0.29) is 19.5 Å². The smallest absolute Gasteiger partial charge is 0.320 e. The average Bonchev–Trinajstić information content (AvgIpc) is 1.82. The molecule has 0 saturated carbocycles. The van der Waals surface area contributed by atoms with Gasteiger partial charge in [0.1, 0.15) is 6.04 Å². The molecule has 0 aliphatic rings. The Morgan fingerprint density at radius 1 is 1.80 bits per heavy atom. The Kier molecular flexibility index (Phi) is 9.78. The van der Waals surface area contributed by atoms with Crippen LogP contribution in [0.25, 0.3) is 0 Å². The molecule has 0 heterocycles. The van der Waals surface area contributed by atoms with Crippen molar-refractivity contribution in [3.63, 3.8) is 0 Å². The number of aliphatic carboxylic acids is 1. The summed E-state index contributed by atoms with van der Waals surface area (Å²) in [5.74, 6) is -0.1000. The molecular formula is C5H11NO2RuS. The van der Waals surface area contributed by atoms with Crippen LogP contribution in [-0.2, 0) is 24.3 Å². The first-order valence-corrected chi connectivity index (χ1v) is 4.05. The zero-order valence-electron chi connectivity index (χ0n) is 5.69. The molecule has 0 aliphatic heterocycles. The van der Waals surface area contributed by atoms with E-state index < -0.39 is 12.0 Å². The molecule has 0 rings (SSSR count). The van der Waals surface area contributed by atoms with Gasteiger partial charge in [0.05, 0.1) is 0 Å². The normalized spacial score (nSPS) is 11.8. The summed E-state index contributed by atoms with van der Waals surface area (Å²) in [6.07, 6.45) is 2.48. The van der Waals surface area contributed by atoms with Crippen molar-refractivity contribution in [3.8, 4) is 0 Å². The number of hydrogen-bond donors (Lipinski definition) is 2. The Bertz CT molecular complexity index is 102. The Morgan fingerprint density at radius 2 is 2.30 bits per heavy atom. The summed E-state index contributed by atoms with van der Waals surface area (Å²) in [4.78, 5) is 10.1. The molecule has 0 bridgehead atoms. The van der Waals surface area contributed by atoms with Crippen molar-refractivity contribution in [1.29, 1.82) is 0 Å². The zero-order valence-corrected chi connectivity index (χ0v) is 8.24. The van der Waals surface area contributed by atoms with E-state index in [9.17, 15) is 4.79 Å². The molecule has 0 radical (unpaired) electrons. The third-order valence-corrected chi connectivity index (χ3v) is 1.59. The molecule has 3 N–H and O–H groups in total. The van der Waals surface area contributed by atoms with Gasteiger partial charge in [-0.15, -0.1) is 0 Å². The molecule has 5 heteroatoms. The zero-order chi connectivity index (χ0) is 7.28. The molecule has 0 aliphatic carbocycles. The molecule has 0 aromatic rings. The number of thioether (sulfide) groups is 1. The standard InChI is InChI=1S/C5H11NO2S.Ru/c1-9-3-2-4(6)5(7)8;/h4H,2-3,6H2,1H3,(H,7,8);/t4-;/m0./s1. The minimum absolute atomic E-state index is 0. The van der Waals surface area contributed by atoms with E-state index in [0.29, 0.717) is 6.42 Å². The van der Waals surface area contributed by atoms with Crippen LogP contribution < -0.4 is 5.73 Å². The van der Waals surface area contributed by atoms with Crippen LogP contribution in [0.15, 0.2) is 0 Å². The molecule has 3 nitrogen and oxygen atoms in total. The maximum atomic E-state index is 10.1. The molecule has 0 spiro atoms. The summed E-state index contributed by atoms with van der Waals surface area (Å²) in [5, 5.41) is 8.27. The Morgan fingerprint density at radius 3 is 2.60 bits per heavy atom. The largest absolute Gasteiger partial charge is 0.480 e. The molecule has 0 amide bonds. The van der Waals surface area contributed by atoms with Gasteiger partial charge in [-0.25, -0.2) is 0 Å². The third-order valence-electron chi connectivity index (χ3n) is 0.950. The van der Waals surface area contributed by atoms with Crippen LogP contribution in [0.1, 0.15) is 6.42 Å². The van der Waals surface area contributed by atoms with Gasteiger partial charge in [0.2, 0.25) is 0 Å². The Balaban J connectivity index is 0. The fraction of sp³-hybridized carbons (Fsp3) is 0.800. The molecular weight excluding hydrogens is 239 g/mol. The quantitative estimate of drug-likeness (QED) is 0.697. The van der Waals surface area contributed by atoms with Crippen LogP contribution in [0.2, 0.25) is 0 Å². The first-order chi connectivity index (χ1) is 4.18. The predicted octanol–water partition coefficient (Wildman–Crippen LogP) is 0.149. The van der Waals surface area contributed by atoms with Crippen molar-refractivity contribution in [2.45, 2.75) is 12.5 Å². The van der Waals surface area contributed by atoms with E-state index in [2.05, 4.69) is 0 Å². The molecule has 0 aromatic carbocycles. The average molecular weight is 250 g/mol. The van der Waals surface area contributed by atoms with Gasteiger partial charge in [0, 0.05) is 19.5 Å². The minimum Gasteiger partial charge on any atom is -0.480 e. The summed E-state index contributed by atoms with van der Waals surface area (Å²) >= 11 is 1.60. The second-order valence-corrected chi connectivity index (χ2v) is 2.71. The molecule has 0 unspecified atom stereocenters. The van der Waals surface area contributed by atoms with Gasteiger partial charge in [0.25, 0.3) is 0 Å². The second kappa shape index (κ2) is 7.51. The fourth-order valence-corrected chi connectivity index (χ4v) is 0.858. The maximum Gasteiger partial charge on any atom is 0.320 e. The van der Waals surface area contributed by atoms with Crippen LogP contribution in [0.3, 0.4) is 0 Å². The molecule has 10 heavy (non-hydrogen) atoms. The summed E-state index contributed by atoms with van der Waals surface area (Å²) < 4.78 is 0. The van der Waals surface area contributed by atoms with E-state index in [1.807, 2.05) is 6.26 Å². The van der Waals surface area contributed by atoms with Gasteiger partial charge in [0.15, 0.2) is 0 Å². The van der Waals surface area contributed by atoms with E-state index in [1.54, 1.807) is 11.8 Å². The van der Waals surface area contributed by atoms with Crippen molar-refractivity contribution in [1.82, 2.24) is 0 Å². The predicted molar refractivity (Wildman–Crippen MR) is 38.6 cm³/mol. The van der Waals surface area contributed by atoms with Gasteiger partial charge < -0.3 is 10.8 Å². The molecule has 62 valence electrons. The molecule has 1 atom stereocenters. The van der Waals surface area contributed by atoms with Crippen LogP contribution in [0.5, 0.6) is 0 Å². The van der Waals surface area contributed by atoms with Gasteiger partial charge >= 0.3 is 5.97 Å². The number of nitrogens with two attached hydrogens (primary N) is 1. The summed E-state index contributed by atoms with van der Waals surface area (Å²) in [6, 6.07) is -0.683. The van der Waals surface area contributed by atoms with Crippen molar-refractivity contribution >= 4 is 17.7 Å². The monoisotopic (exact) mass is 251 g/mol. The Labute approximate surface area is 77.5 Å². The van der Waals surface area contributed by atoms with Crippen molar-refractivity contribution in [3.05, 3.63) is 0 Å². The Hall–Kier alpha value is 0.403. The topological polar surface area (TPSA) is 63.3 Å². The molecule has 0 saturated heterocycles. The van der Waals surface area contributed by atoms with Gasteiger partial charge in [-0.3, -0.25) is 4.79 Å². The summed E-state index contributed by atoms with van der Waals surface area (Å²) in [7, 11) is 0. The summed E-state index contributed by atoms with van der Waals surface area (Å²) in [5.41, 5.74) is 5.19. The van der Waals surface area contributed by atoms with Crippen LogP contribution in [-0.4, -0.2) is 29.1 Å². The van der Waals surface area contributed by atoms with Crippen molar-refractivity contribution in [2.75, 3.05) is 12.0 Å². The number of carboxylic acids is 1. The van der Waals surface area contributed by atoms with E-state index >= 15 is 0 Å². The first-order valence-electron chi connectivity index (χ1n) is 2.65. The summed E-state index contributed by atoms with van der Waals surface area (Å²) in [6.45, 7) is 0. The van der Waals surface area contributed by atoms with Gasteiger partial charge in [-0.05, 0) is 18.4 Å². The van der Waals surface area contributed by atoms with E-state index in [4.69, 9.17) is 10.8 Å². The van der Waals surface area contributed by atoms with Crippen molar-refractivity contribution in [2.24, 2.45) is 5.73 Å². The fourth-order valence-electron chi connectivity index (χ4n) is 0.368. The molecule has 0 aromatic heterocycles. The number of rotatable bonds is 4. The van der Waals surface area contributed by atoms with Crippen molar-refractivity contribution < 1.29 is 29.4 Å². The maximum absolute atomic E-state index is 10.1. The SMILES string of the molecule is CSCC[C@H](N)C(=O)O.[Ru]. The van der Waals surface area contributed by atoms with Crippen LogP contribution in [0, 0.1) is 0 Å². The molecule has 0 fully saturated rings. The third kappa shape index (κ3) is 6.52. The van der Waals surface area contributed by atoms with Gasteiger partial charge in [-0.1, -0.05) is 0 Å². The first kappa shape index (κ1) is 13.0. The van der Waals surface area contributed by atoms with E-state index in [1.165, 1.54) is 0 Å². The minimum atomic E-state index is -0.913. The van der Waals surface area contributed by atoms with Crippen LogP contribution >= 0.6 is 11.8 Å². The van der Waals surface area contributed by atoms with E-state index in [0.717, 1.165) is 5.75 Å². The number of carboxylic acid groups (broad SMARTS) is 1. The number of hydrogen-bond acceptors (Lipinski definition) is 3. The second-order valence-electron chi connectivity index (χ2n) is 1.73. The van der Waals surface area contributed by atoms with Gasteiger partial charge in [-0.2, -0.15) is 11.8 Å². The van der Waals surface area contributed by atoms with Crippen LogP contribution in [0.4, 0.5) is 0 Å².